The third kappa shape index (κ3) is 5.50. The monoisotopic (exact) mass is 483 g/mol. The minimum absolute atomic E-state index is 0.00854. The van der Waals surface area contributed by atoms with Crippen LogP contribution in [0.4, 0.5) is 0 Å². The summed E-state index contributed by atoms with van der Waals surface area (Å²) in [5, 5.41) is 3.64. The van der Waals surface area contributed by atoms with E-state index in [1.54, 1.807) is 6.92 Å². The number of amides is 1. The second kappa shape index (κ2) is 9.35. The largest absolute Gasteiger partial charge is 0.349 e. The van der Waals surface area contributed by atoms with E-state index in [0.717, 1.165) is 16.9 Å². The molecule has 8 heteroatoms. The Morgan fingerprint density at radius 3 is 2.45 bits per heavy atom. The minimum atomic E-state index is -3.08. The molecule has 174 valence electrons. The Hall–Kier alpha value is -2.58. The number of carbonyl (C=O) groups excluding carboxylic acids is 1. The fraction of sp³-hybridized carbons (Fsp3) is 0.360. The van der Waals surface area contributed by atoms with Crippen molar-refractivity contribution in [3.63, 3.8) is 0 Å². The molecule has 1 amide bonds. The Morgan fingerprint density at radius 2 is 1.85 bits per heavy atom. The van der Waals surface area contributed by atoms with Crippen LogP contribution in [0.2, 0.25) is 0 Å². The molecule has 0 unspecified atom stereocenters. The third-order valence-electron chi connectivity index (χ3n) is 5.89. The van der Waals surface area contributed by atoms with Gasteiger partial charge in [-0.15, -0.1) is 0 Å². The van der Waals surface area contributed by atoms with Crippen LogP contribution < -0.4 is 5.32 Å². The van der Waals surface area contributed by atoms with Gasteiger partial charge in [0.2, 0.25) is 5.91 Å². The molecule has 0 radical (unpaired) electrons. The van der Waals surface area contributed by atoms with Crippen LogP contribution in [-0.2, 0) is 14.6 Å². The maximum absolute atomic E-state index is 12.7. The Kier molecular flexibility index (Phi) is 6.68. The Labute approximate surface area is 199 Å². The number of rotatable bonds is 7. The zero-order valence-electron chi connectivity index (χ0n) is 19.1. The number of nitrogens with one attached hydrogen (secondary N) is 1. The lowest BCUT2D eigenvalue weighted by molar-refractivity contribution is -0.120. The van der Waals surface area contributed by atoms with E-state index in [4.69, 9.17) is 0 Å². The summed E-state index contributed by atoms with van der Waals surface area (Å²) in [4.78, 5) is 17.3. The van der Waals surface area contributed by atoms with E-state index in [-0.39, 0.29) is 23.2 Å². The molecule has 2 heterocycles. The zero-order valence-corrected chi connectivity index (χ0v) is 20.7. The Bertz CT molecular complexity index is 1240. The predicted octanol–water partition coefficient (Wildman–Crippen LogP) is 4.45. The topological polar surface area (TPSA) is 81.1 Å². The first kappa shape index (κ1) is 23.6. The van der Waals surface area contributed by atoms with Gasteiger partial charge in [0.15, 0.2) is 15.0 Å². The third-order valence-corrected chi connectivity index (χ3v) is 8.75. The number of hydrogen-bond acceptors (Lipinski definition) is 5. The van der Waals surface area contributed by atoms with Gasteiger partial charge in [0, 0.05) is 11.3 Å². The quantitative estimate of drug-likeness (QED) is 0.502. The summed E-state index contributed by atoms with van der Waals surface area (Å²) in [6.45, 7) is 6.13. The lowest BCUT2D eigenvalue weighted by atomic mass is 10.0. The van der Waals surface area contributed by atoms with Crippen molar-refractivity contribution in [3.8, 4) is 16.9 Å². The fourth-order valence-corrected chi connectivity index (χ4v) is 7.00. The van der Waals surface area contributed by atoms with Gasteiger partial charge in [-0.3, -0.25) is 9.36 Å². The number of sulfone groups is 1. The van der Waals surface area contributed by atoms with Crippen molar-refractivity contribution in [2.24, 2.45) is 0 Å². The summed E-state index contributed by atoms with van der Waals surface area (Å²) < 4.78 is 25.8. The molecule has 2 aromatic carbocycles. The van der Waals surface area contributed by atoms with E-state index in [0.29, 0.717) is 17.5 Å². The average molecular weight is 484 g/mol. The highest BCUT2D eigenvalue weighted by atomic mass is 32.2. The maximum atomic E-state index is 12.7. The molecular weight excluding hydrogens is 454 g/mol. The van der Waals surface area contributed by atoms with Crippen molar-refractivity contribution in [2.75, 3.05) is 17.3 Å². The van der Waals surface area contributed by atoms with Gasteiger partial charge in [0.05, 0.1) is 34.7 Å². The molecule has 4 rings (SSSR count). The Balaban J connectivity index is 1.58. The average Bonchev–Trinajstić information content (AvgIpc) is 3.32. The van der Waals surface area contributed by atoms with Crippen molar-refractivity contribution < 1.29 is 13.2 Å². The van der Waals surface area contributed by atoms with Gasteiger partial charge in [0.1, 0.15) is 0 Å². The van der Waals surface area contributed by atoms with E-state index in [2.05, 4.69) is 53.0 Å². The van der Waals surface area contributed by atoms with E-state index in [9.17, 15) is 13.2 Å². The number of thioether (sulfide) groups is 1. The van der Waals surface area contributed by atoms with Crippen molar-refractivity contribution in [2.45, 2.75) is 43.8 Å². The molecule has 0 bridgehead atoms. The molecule has 6 nitrogen and oxygen atoms in total. The van der Waals surface area contributed by atoms with Crippen molar-refractivity contribution in [1.82, 2.24) is 14.9 Å². The Morgan fingerprint density at radius 1 is 1.15 bits per heavy atom. The van der Waals surface area contributed by atoms with Crippen molar-refractivity contribution in [3.05, 3.63) is 66.4 Å². The number of nitrogens with zero attached hydrogens (tertiary/aromatic N) is 2. The molecule has 0 saturated carbocycles. The van der Waals surface area contributed by atoms with Crippen molar-refractivity contribution in [1.29, 1.82) is 0 Å². The molecule has 1 saturated heterocycles. The normalized spacial score (nSPS) is 19.6. The second-order valence-corrected chi connectivity index (χ2v) is 12.2. The van der Waals surface area contributed by atoms with Crippen LogP contribution in [0.15, 0.2) is 66.0 Å². The van der Waals surface area contributed by atoms with Crippen LogP contribution >= 0.6 is 11.8 Å². The highest BCUT2D eigenvalue weighted by molar-refractivity contribution is 7.99. The SMILES string of the molecule is CC(C)c1ccc(-n2c(-c3ccccc3)cnc2SCC(=O)N[C@@]2(C)CCS(=O)(=O)C2)cc1. The van der Waals surface area contributed by atoms with Crippen LogP contribution in [0.25, 0.3) is 16.9 Å². The molecule has 33 heavy (non-hydrogen) atoms. The first-order valence-electron chi connectivity index (χ1n) is 11.0. The summed E-state index contributed by atoms with van der Waals surface area (Å²) in [6.07, 6.45) is 2.28. The van der Waals surface area contributed by atoms with Crippen LogP contribution in [-0.4, -0.2) is 46.7 Å². The standard InChI is InChI=1S/C25H29N3O3S2/c1-18(2)19-9-11-21(12-10-19)28-22(20-7-5-4-6-8-20)15-26-24(28)32-16-23(29)27-25(3)13-14-33(30,31)17-25/h4-12,15,18H,13-14,16-17H2,1-3H3,(H,27,29)/t25-/m0/s1. The van der Waals surface area contributed by atoms with Crippen LogP contribution in [0.1, 0.15) is 38.7 Å². The maximum Gasteiger partial charge on any atom is 0.230 e. The van der Waals surface area contributed by atoms with Gasteiger partial charge in [0.25, 0.3) is 0 Å². The van der Waals surface area contributed by atoms with Crippen LogP contribution in [0.5, 0.6) is 0 Å². The van der Waals surface area contributed by atoms with Gasteiger partial charge < -0.3 is 5.32 Å². The second-order valence-electron chi connectivity index (χ2n) is 9.11. The zero-order chi connectivity index (χ0) is 23.6. The van der Waals surface area contributed by atoms with E-state index >= 15 is 0 Å². The summed E-state index contributed by atoms with van der Waals surface area (Å²) in [5.74, 6) is 0.518. The van der Waals surface area contributed by atoms with E-state index in [1.807, 2.05) is 36.5 Å². The highest BCUT2D eigenvalue weighted by Gasteiger charge is 2.39. The van der Waals surface area contributed by atoms with Gasteiger partial charge in [-0.1, -0.05) is 68.1 Å². The molecule has 3 aromatic rings. The van der Waals surface area contributed by atoms with Gasteiger partial charge in [-0.2, -0.15) is 0 Å². The summed E-state index contributed by atoms with van der Waals surface area (Å²) in [6, 6.07) is 18.4. The first-order valence-corrected chi connectivity index (χ1v) is 13.8. The predicted molar refractivity (Wildman–Crippen MR) is 134 cm³/mol. The molecule has 1 aliphatic rings. The molecule has 1 atom stereocenters. The van der Waals surface area contributed by atoms with Crippen LogP contribution in [0.3, 0.4) is 0 Å². The molecule has 0 aliphatic carbocycles. The number of carbonyl (C=O) groups is 1. The summed E-state index contributed by atoms with van der Waals surface area (Å²) >= 11 is 1.35. The molecule has 1 fully saturated rings. The summed E-state index contributed by atoms with van der Waals surface area (Å²) in [7, 11) is -3.08. The first-order chi connectivity index (χ1) is 15.7. The highest BCUT2D eigenvalue weighted by Crippen LogP contribution is 2.31. The number of aromatic nitrogens is 2. The van der Waals surface area contributed by atoms with E-state index < -0.39 is 15.4 Å². The van der Waals surface area contributed by atoms with Gasteiger partial charge >= 0.3 is 0 Å². The molecule has 1 aliphatic heterocycles. The smallest absolute Gasteiger partial charge is 0.230 e. The lowest BCUT2D eigenvalue weighted by Crippen LogP contribution is -2.47. The lowest BCUT2D eigenvalue weighted by Gasteiger charge is -2.23. The molecule has 1 aromatic heterocycles. The van der Waals surface area contributed by atoms with Crippen LogP contribution in [0, 0.1) is 0 Å². The molecule has 1 N–H and O–H groups in total. The minimum Gasteiger partial charge on any atom is -0.349 e. The molecular formula is C25H29N3O3S2. The summed E-state index contributed by atoms with van der Waals surface area (Å²) in [5.41, 5.74) is 3.52. The van der Waals surface area contributed by atoms with Crippen molar-refractivity contribution >= 4 is 27.5 Å². The van der Waals surface area contributed by atoms with E-state index in [1.165, 1.54) is 17.3 Å². The number of imidazole rings is 1. The number of benzene rings is 2. The fourth-order valence-electron chi connectivity index (χ4n) is 4.12. The molecule has 0 spiro atoms. The van der Waals surface area contributed by atoms with Gasteiger partial charge in [-0.05, 0) is 37.0 Å². The van der Waals surface area contributed by atoms with Gasteiger partial charge in [-0.25, -0.2) is 13.4 Å². The number of hydrogen-bond donors (Lipinski definition) is 1.